The van der Waals surface area contributed by atoms with Gasteiger partial charge >= 0.3 is 0 Å². The van der Waals surface area contributed by atoms with Gasteiger partial charge in [0.1, 0.15) is 11.9 Å². The standard InChI is InChI=1S/C28H29ClFN5O3/c1-16-14-35(17(2)13-34(16)25(12-31)18-6-8-19(30)9-7-18)27(37)21-10-20-22(26(36)28(38)32(3)4)15-33(5)24(20)11-23(21)29/h6-11,15-17,25H,13-14H2,1-5H3/t16-,17+,25?/m0/s1. The number of rotatable bonds is 5. The average Bonchev–Trinajstić information content (AvgIpc) is 3.20. The molecular formula is C28H29ClFN5O3. The lowest BCUT2D eigenvalue weighted by molar-refractivity contribution is -0.124. The number of carbonyl (C=O) groups is 3. The molecule has 1 aromatic heterocycles. The zero-order valence-electron chi connectivity index (χ0n) is 21.9. The summed E-state index contributed by atoms with van der Waals surface area (Å²) in [7, 11) is 4.76. The fraction of sp³-hybridized carbons (Fsp3) is 0.357. The van der Waals surface area contributed by atoms with Crippen molar-refractivity contribution in [3.63, 3.8) is 0 Å². The molecule has 0 radical (unpaired) electrons. The normalized spacial score (nSPS) is 18.7. The summed E-state index contributed by atoms with van der Waals surface area (Å²) in [6, 6.07) is 10.4. The summed E-state index contributed by atoms with van der Waals surface area (Å²) in [5.41, 5.74) is 1.76. The van der Waals surface area contributed by atoms with Crippen LogP contribution in [0.2, 0.25) is 5.02 Å². The van der Waals surface area contributed by atoms with Crippen molar-refractivity contribution in [2.45, 2.75) is 32.0 Å². The first-order valence-electron chi connectivity index (χ1n) is 12.2. The van der Waals surface area contributed by atoms with Crippen molar-refractivity contribution in [3.05, 3.63) is 70.1 Å². The van der Waals surface area contributed by atoms with Crippen LogP contribution in [0.4, 0.5) is 4.39 Å². The van der Waals surface area contributed by atoms with Crippen LogP contribution in [-0.2, 0) is 11.8 Å². The van der Waals surface area contributed by atoms with Gasteiger partial charge in [0.25, 0.3) is 17.6 Å². The van der Waals surface area contributed by atoms with Gasteiger partial charge in [0, 0.05) is 57.9 Å². The lowest BCUT2D eigenvalue weighted by Crippen LogP contribution is -2.58. The molecule has 198 valence electrons. The number of ketones is 1. The van der Waals surface area contributed by atoms with E-state index < -0.39 is 17.7 Å². The van der Waals surface area contributed by atoms with Crippen molar-refractivity contribution in [1.82, 2.24) is 19.3 Å². The fourth-order valence-electron chi connectivity index (χ4n) is 5.00. The molecular weight excluding hydrogens is 509 g/mol. The van der Waals surface area contributed by atoms with E-state index in [1.54, 1.807) is 47.0 Å². The molecule has 1 fully saturated rings. The highest BCUT2D eigenvalue weighted by molar-refractivity contribution is 6.45. The van der Waals surface area contributed by atoms with Gasteiger partial charge in [0.2, 0.25) is 0 Å². The Morgan fingerprint density at radius 2 is 1.74 bits per heavy atom. The number of fused-ring (bicyclic) bond motifs is 1. The number of nitrogens with zero attached hydrogens (tertiary/aromatic N) is 5. The lowest BCUT2D eigenvalue weighted by atomic mass is 9.99. The maximum Gasteiger partial charge on any atom is 0.294 e. The minimum atomic E-state index is -0.666. The number of hydrogen-bond donors (Lipinski definition) is 0. The van der Waals surface area contributed by atoms with Gasteiger partial charge in [-0.1, -0.05) is 23.7 Å². The summed E-state index contributed by atoms with van der Waals surface area (Å²) in [5.74, 6) is -2.00. The fourth-order valence-corrected chi connectivity index (χ4v) is 5.24. The van der Waals surface area contributed by atoms with E-state index in [0.29, 0.717) is 29.6 Å². The molecule has 2 heterocycles. The molecule has 0 N–H and O–H groups in total. The Morgan fingerprint density at radius 1 is 1.08 bits per heavy atom. The minimum Gasteiger partial charge on any atom is -0.350 e. The molecule has 38 heavy (non-hydrogen) atoms. The summed E-state index contributed by atoms with van der Waals surface area (Å²) >= 11 is 6.56. The van der Waals surface area contributed by atoms with Crippen molar-refractivity contribution in [2.24, 2.45) is 7.05 Å². The molecule has 3 aromatic rings. The molecule has 0 aliphatic carbocycles. The van der Waals surface area contributed by atoms with Gasteiger partial charge in [-0.3, -0.25) is 19.3 Å². The predicted molar refractivity (Wildman–Crippen MR) is 142 cm³/mol. The Hall–Kier alpha value is -3.74. The van der Waals surface area contributed by atoms with Crippen LogP contribution in [0, 0.1) is 17.1 Å². The number of amides is 2. The molecule has 3 atom stereocenters. The summed E-state index contributed by atoms with van der Waals surface area (Å²) < 4.78 is 15.1. The third-order valence-corrected chi connectivity index (χ3v) is 7.40. The van der Waals surface area contributed by atoms with Crippen LogP contribution < -0.4 is 0 Å². The van der Waals surface area contributed by atoms with Crippen molar-refractivity contribution in [1.29, 1.82) is 5.26 Å². The van der Waals surface area contributed by atoms with E-state index in [0.717, 1.165) is 0 Å². The number of benzene rings is 2. The second kappa shape index (κ2) is 10.6. The van der Waals surface area contributed by atoms with Gasteiger partial charge in [-0.25, -0.2) is 4.39 Å². The Kier molecular flexibility index (Phi) is 7.58. The highest BCUT2D eigenvalue weighted by atomic mass is 35.5. The number of Topliss-reactive ketones (excluding diaryl/α,β-unsaturated/α-hetero) is 1. The van der Waals surface area contributed by atoms with Crippen molar-refractivity contribution in [2.75, 3.05) is 27.2 Å². The van der Waals surface area contributed by atoms with Crippen LogP contribution in [0.25, 0.3) is 10.9 Å². The first-order valence-corrected chi connectivity index (χ1v) is 12.6. The van der Waals surface area contributed by atoms with Crippen LogP contribution in [-0.4, -0.2) is 76.1 Å². The number of nitriles is 1. The lowest BCUT2D eigenvalue weighted by Gasteiger charge is -2.45. The monoisotopic (exact) mass is 537 g/mol. The Labute approximate surface area is 225 Å². The summed E-state index contributed by atoms with van der Waals surface area (Å²) in [6.07, 6.45) is 1.57. The number of aryl methyl sites for hydroxylation is 1. The van der Waals surface area contributed by atoms with Crippen LogP contribution in [0.1, 0.15) is 46.2 Å². The number of hydrogen-bond acceptors (Lipinski definition) is 5. The van der Waals surface area contributed by atoms with E-state index >= 15 is 0 Å². The van der Waals surface area contributed by atoms with E-state index in [1.165, 1.54) is 31.1 Å². The third-order valence-electron chi connectivity index (χ3n) is 7.09. The second-order valence-corrected chi connectivity index (χ2v) is 10.4. The smallest absolute Gasteiger partial charge is 0.294 e. The highest BCUT2D eigenvalue weighted by Crippen LogP contribution is 2.32. The van der Waals surface area contributed by atoms with E-state index in [-0.39, 0.29) is 40.0 Å². The van der Waals surface area contributed by atoms with Crippen LogP contribution in [0.15, 0.2) is 42.6 Å². The van der Waals surface area contributed by atoms with Crippen LogP contribution in [0.5, 0.6) is 0 Å². The number of aromatic nitrogens is 1. The van der Waals surface area contributed by atoms with Gasteiger partial charge < -0.3 is 14.4 Å². The van der Waals surface area contributed by atoms with Crippen molar-refractivity contribution >= 4 is 40.1 Å². The Morgan fingerprint density at radius 3 is 2.34 bits per heavy atom. The van der Waals surface area contributed by atoms with Crippen LogP contribution >= 0.6 is 11.6 Å². The maximum atomic E-state index is 13.8. The molecule has 1 aliphatic rings. The van der Waals surface area contributed by atoms with E-state index in [2.05, 4.69) is 6.07 Å². The predicted octanol–water partition coefficient (Wildman–Crippen LogP) is 4.04. The minimum absolute atomic E-state index is 0.168. The van der Waals surface area contributed by atoms with Gasteiger partial charge in [-0.05, 0) is 43.7 Å². The molecule has 10 heteroatoms. The molecule has 1 saturated heterocycles. The van der Waals surface area contributed by atoms with E-state index in [4.69, 9.17) is 11.6 Å². The van der Waals surface area contributed by atoms with Gasteiger partial charge in [0.05, 0.1) is 27.7 Å². The van der Waals surface area contributed by atoms with Crippen molar-refractivity contribution in [3.8, 4) is 6.07 Å². The molecule has 2 aromatic carbocycles. The van der Waals surface area contributed by atoms with E-state index in [9.17, 15) is 24.0 Å². The molecule has 0 spiro atoms. The first-order chi connectivity index (χ1) is 17.9. The third kappa shape index (κ3) is 4.89. The quantitative estimate of drug-likeness (QED) is 0.362. The molecule has 8 nitrogen and oxygen atoms in total. The van der Waals surface area contributed by atoms with E-state index in [1.807, 2.05) is 18.7 Å². The summed E-state index contributed by atoms with van der Waals surface area (Å²) in [4.78, 5) is 43.9. The highest BCUT2D eigenvalue weighted by Gasteiger charge is 2.37. The second-order valence-electron chi connectivity index (χ2n) is 9.97. The number of likely N-dealkylation sites (N-methyl/N-ethyl adjacent to an activating group) is 1. The first kappa shape index (κ1) is 27.3. The zero-order valence-corrected chi connectivity index (χ0v) is 22.7. The zero-order chi connectivity index (χ0) is 27.9. The van der Waals surface area contributed by atoms with Crippen molar-refractivity contribution < 1.29 is 18.8 Å². The molecule has 1 aliphatic heterocycles. The largest absolute Gasteiger partial charge is 0.350 e. The maximum absolute atomic E-state index is 13.8. The number of piperazine rings is 1. The topological polar surface area (TPSA) is 89.6 Å². The SMILES string of the molecule is C[C@@H]1CN(C(C#N)c2ccc(F)cc2)[C@@H](C)CN1C(=O)c1cc2c(C(=O)C(=O)N(C)C)cn(C)c2cc1Cl. The molecule has 1 unspecified atom stereocenters. The van der Waals surface area contributed by atoms with Gasteiger partial charge in [-0.2, -0.15) is 5.26 Å². The summed E-state index contributed by atoms with van der Waals surface area (Å²) in [6.45, 7) is 4.60. The number of halogens is 2. The Balaban J connectivity index is 1.64. The molecule has 0 bridgehead atoms. The average molecular weight is 538 g/mol. The Bertz CT molecular complexity index is 1460. The number of carbonyl (C=O) groups excluding carboxylic acids is 3. The molecule has 4 rings (SSSR count). The molecule has 0 saturated carbocycles. The summed E-state index contributed by atoms with van der Waals surface area (Å²) in [5, 5.41) is 10.6. The van der Waals surface area contributed by atoms with Crippen LogP contribution in [0.3, 0.4) is 0 Å². The van der Waals surface area contributed by atoms with Gasteiger partial charge in [0.15, 0.2) is 0 Å². The van der Waals surface area contributed by atoms with Gasteiger partial charge in [-0.15, -0.1) is 0 Å². The molecule has 2 amide bonds.